The Hall–Kier alpha value is -3.13. The summed E-state index contributed by atoms with van der Waals surface area (Å²) in [5.41, 5.74) is 2.56. The van der Waals surface area contributed by atoms with Crippen molar-refractivity contribution in [3.8, 4) is 11.3 Å². The van der Waals surface area contributed by atoms with Crippen molar-refractivity contribution in [2.24, 2.45) is 9.98 Å². The minimum Gasteiger partial charge on any atom is -0.441 e. The number of fused-ring (bicyclic) bond motifs is 1. The topological polar surface area (TPSA) is 87.7 Å². The molecule has 3 aromatic rings. The number of nitrogens with one attached hydrogen (secondary N) is 2. The molecule has 1 aliphatic rings. The Morgan fingerprint density at radius 2 is 2.14 bits per heavy atom. The number of aryl methyl sites for hydroxylation is 1. The van der Waals surface area contributed by atoms with E-state index in [0.29, 0.717) is 47.3 Å². The van der Waals surface area contributed by atoms with Gasteiger partial charge in [0, 0.05) is 19.0 Å². The van der Waals surface area contributed by atoms with E-state index in [1.165, 1.54) is 0 Å². The predicted molar refractivity (Wildman–Crippen MR) is 115 cm³/mol. The van der Waals surface area contributed by atoms with Crippen molar-refractivity contribution < 1.29 is 8.81 Å². The van der Waals surface area contributed by atoms with E-state index >= 15 is 4.39 Å². The second kappa shape index (κ2) is 7.71. The molecule has 8 heteroatoms. The van der Waals surface area contributed by atoms with E-state index in [1.807, 2.05) is 18.2 Å². The van der Waals surface area contributed by atoms with E-state index in [9.17, 15) is 0 Å². The van der Waals surface area contributed by atoms with Crippen LogP contribution in [0.2, 0.25) is 0 Å². The molecule has 2 N–H and O–H groups in total. The van der Waals surface area contributed by atoms with Crippen LogP contribution in [0.1, 0.15) is 18.7 Å². The number of piperidine rings is 1. The maximum atomic E-state index is 15.0. The molecule has 1 saturated heterocycles. The smallest absolute Gasteiger partial charge is 0.192 e. The van der Waals surface area contributed by atoms with Crippen LogP contribution in [0.3, 0.4) is 0 Å². The van der Waals surface area contributed by atoms with Gasteiger partial charge in [-0.15, -0.1) is 0 Å². The van der Waals surface area contributed by atoms with Crippen LogP contribution in [-0.2, 0) is 0 Å². The number of pyridine rings is 1. The molecule has 1 fully saturated rings. The number of halogens is 1. The standard InChI is InChI=1S/C21H23FN6O/c1-13-27-15-6-5-14(9-18(15)29-13)16-10-17(23-2)19(24-3)20(28-16)26-12-21(22)7-4-8-25-11-21/h5-6,9-10,25H,2-4,7-8,11-12H2,1H3,(H,26,28). The summed E-state index contributed by atoms with van der Waals surface area (Å²) in [7, 11) is 0. The number of aromatic nitrogens is 2. The normalized spacial score (nSPS) is 19.2. The Balaban J connectivity index is 1.71. The van der Waals surface area contributed by atoms with Crippen LogP contribution in [0, 0.1) is 6.92 Å². The Labute approximate surface area is 168 Å². The van der Waals surface area contributed by atoms with Crippen molar-refractivity contribution in [2.45, 2.75) is 25.4 Å². The number of oxazole rings is 1. The molecule has 0 amide bonds. The number of anilines is 1. The van der Waals surface area contributed by atoms with Gasteiger partial charge in [-0.1, -0.05) is 6.07 Å². The molecular weight excluding hydrogens is 371 g/mol. The highest BCUT2D eigenvalue weighted by Gasteiger charge is 2.32. The van der Waals surface area contributed by atoms with Crippen LogP contribution in [0.25, 0.3) is 22.4 Å². The van der Waals surface area contributed by atoms with Crippen molar-refractivity contribution in [3.63, 3.8) is 0 Å². The van der Waals surface area contributed by atoms with Crippen LogP contribution < -0.4 is 10.6 Å². The predicted octanol–water partition coefficient (Wildman–Crippen LogP) is 4.37. The summed E-state index contributed by atoms with van der Waals surface area (Å²) in [6, 6.07) is 7.43. The van der Waals surface area contributed by atoms with Crippen LogP contribution >= 0.6 is 0 Å². The molecule has 4 rings (SSSR count). The van der Waals surface area contributed by atoms with E-state index in [0.717, 1.165) is 24.0 Å². The van der Waals surface area contributed by atoms with Crippen molar-refractivity contribution in [2.75, 3.05) is 25.0 Å². The second-order valence-corrected chi connectivity index (χ2v) is 7.24. The Morgan fingerprint density at radius 1 is 1.28 bits per heavy atom. The molecule has 3 heterocycles. The zero-order valence-electron chi connectivity index (χ0n) is 16.3. The summed E-state index contributed by atoms with van der Waals surface area (Å²) in [5, 5.41) is 6.22. The number of hydrogen-bond donors (Lipinski definition) is 2. The van der Waals surface area contributed by atoms with Gasteiger partial charge < -0.3 is 15.1 Å². The molecule has 1 aromatic carbocycles. The van der Waals surface area contributed by atoms with Gasteiger partial charge in [-0.05, 0) is 51.0 Å². The van der Waals surface area contributed by atoms with E-state index in [1.54, 1.807) is 13.0 Å². The molecule has 150 valence electrons. The molecule has 0 spiro atoms. The number of alkyl halides is 1. The van der Waals surface area contributed by atoms with Gasteiger partial charge in [0.25, 0.3) is 0 Å². The highest BCUT2D eigenvalue weighted by molar-refractivity contribution is 5.85. The molecule has 0 saturated carbocycles. The maximum Gasteiger partial charge on any atom is 0.192 e. The monoisotopic (exact) mass is 394 g/mol. The molecule has 29 heavy (non-hydrogen) atoms. The third-order valence-electron chi connectivity index (χ3n) is 5.09. The summed E-state index contributed by atoms with van der Waals surface area (Å²) in [6.07, 6.45) is 1.30. The molecule has 1 aliphatic heterocycles. The molecule has 7 nitrogen and oxygen atoms in total. The summed E-state index contributed by atoms with van der Waals surface area (Å²) in [5.74, 6) is 1.03. The van der Waals surface area contributed by atoms with Gasteiger partial charge in [-0.25, -0.2) is 14.4 Å². The van der Waals surface area contributed by atoms with Crippen LogP contribution in [0.15, 0.2) is 38.7 Å². The number of nitrogens with zero attached hydrogens (tertiary/aromatic N) is 4. The largest absolute Gasteiger partial charge is 0.441 e. The van der Waals surface area contributed by atoms with Crippen LogP contribution in [0.5, 0.6) is 0 Å². The lowest BCUT2D eigenvalue weighted by Crippen LogP contribution is -2.46. The third-order valence-corrected chi connectivity index (χ3v) is 5.09. The summed E-state index contributed by atoms with van der Waals surface area (Å²) >= 11 is 0. The number of rotatable bonds is 6. The SMILES string of the molecule is C=Nc1cc(-c2ccc3nc(C)oc3c2)nc(NCC2(F)CCCNC2)c1N=C. The first-order chi connectivity index (χ1) is 14.0. The van der Waals surface area contributed by atoms with Gasteiger partial charge in [-0.2, -0.15) is 0 Å². The van der Waals surface area contributed by atoms with Crippen LogP contribution in [-0.4, -0.2) is 48.7 Å². The lowest BCUT2D eigenvalue weighted by molar-refractivity contribution is 0.137. The van der Waals surface area contributed by atoms with E-state index in [4.69, 9.17) is 4.42 Å². The van der Waals surface area contributed by atoms with Gasteiger partial charge >= 0.3 is 0 Å². The zero-order valence-corrected chi connectivity index (χ0v) is 16.3. The fraction of sp³-hybridized carbons (Fsp3) is 0.333. The summed E-state index contributed by atoms with van der Waals surface area (Å²) in [6.45, 7) is 10.3. The fourth-order valence-corrected chi connectivity index (χ4v) is 3.60. The van der Waals surface area contributed by atoms with Gasteiger partial charge in [0.15, 0.2) is 17.3 Å². The molecule has 1 atom stereocenters. The van der Waals surface area contributed by atoms with Crippen molar-refractivity contribution in [1.82, 2.24) is 15.3 Å². The average molecular weight is 394 g/mol. The lowest BCUT2D eigenvalue weighted by atomic mass is 9.96. The molecule has 2 aromatic heterocycles. The van der Waals surface area contributed by atoms with Gasteiger partial charge in [0.2, 0.25) is 0 Å². The van der Waals surface area contributed by atoms with Gasteiger partial charge in [0.1, 0.15) is 16.9 Å². The van der Waals surface area contributed by atoms with Gasteiger partial charge in [0.05, 0.1) is 17.9 Å². The van der Waals surface area contributed by atoms with Crippen molar-refractivity contribution in [3.05, 3.63) is 30.2 Å². The molecule has 0 bridgehead atoms. The fourth-order valence-electron chi connectivity index (χ4n) is 3.60. The molecular formula is C21H23FN6O. The Kier molecular flexibility index (Phi) is 5.10. The minimum atomic E-state index is -1.34. The molecule has 0 aliphatic carbocycles. The average Bonchev–Trinajstić information content (AvgIpc) is 3.11. The summed E-state index contributed by atoms with van der Waals surface area (Å²) in [4.78, 5) is 17.1. The first-order valence-electron chi connectivity index (χ1n) is 9.51. The number of hydrogen-bond acceptors (Lipinski definition) is 7. The second-order valence-electron chi connectivity index (χ2n) is 7.24. The Bertz CT molecular complexity index is 1070. The van der Waals surface area contributed by atoms with E-state index in [2.05, 4.69) is 44.0 Å². The molecule has 0 radical (unpaired) electrons. The highest BCUT2D eigenvalue weighted by atomic mass is 19.1. The molecule has 1 unspecified atom stereocenters. The minimum absolute atomic E-state index is 0.121. The van der Waals surface area contributed by atoms with Crippen molar-refractivity contribution >= 4 is 41.7 Å². The zero-order chi connectivity index (χ0) is 20.4. The number of aliphatic imine (C=N–C) groups is 2. The maximum absolute atomic E-state index is 15.0. The Morgan fingerprint density at radius 3 is 2.86 bits per heavy atom. The lowest BCUT2D eigenvalue weighted by Gasteiger charge is -2.30. The third kappa shape index (κ3) is 3.88. The first kappa shape index (κ1) is 19.2. The summed E-state index contributed by atoms with van der Waals surface area (Å²) < 4.78 is 20.6. The first-order valence-corrected chi connectivity index (χ1v) is 9.51. The van der Waals surface area contributed by atoms with Crippen LogP contribution in [0.4, 0.5) is 21.6 Å². The number of benzene rings is 1. The highest BCUT2D eigenvalue weighted by Crippen LogP contribution is 2.38. The van der Waals surface area contributed by atoms with Crippen molar-refractivity contribution in [1.29, 1.82) is 0 Å². The van der Waals surface area contributed by atoms with E-state index in [-0.39, 0.29) is 6.54 Å². The van der Waals surface area contributed by atoms with E-state index < -0.39 is 5.67 Å². The quantitative estimate of drug-likeness (QED) is 0.606. The van der Waals surface area contributed by atoms with Gasteiger partial charge in [-0.3, -0.25) is 9.98 Å².